The van der Waals surface area contributed by atoms with Crippen molar-refractivity contribution in [2.24, 2.45) is 5.16 Å². The van der Waals surface area contributed by atoms with Crippen LogP contribution in [0.1, 0.15) is 11.1 Å². The number of thioether (sulfide) groups is 1. The molecule has 4 heteroatoms. The Kier molecular flexibility index (Phi) is 6.31. The molecule has 0 heterocycles. The molecule has 0 saturated heterocycles. The highest BCUT2D eigenvalue weighted by atomic mass is 32.2. The Morgan fingerprint density at radius 2 is 1.69 bits per heavy atom. The second-order valence-corrected chi connectivity index (χ2v) is 7.21. The molecule has 0 saturated carbocycles. The maximum absolute atomic E-state index is 5.66. The zero-order chi connectivity index (χ0) is 18.4. The summed E-state index contributed by atoms with van der Waals surface area (Å²) in [4.78, 5) is 8.98. The fourth-order valence-corrected chi connectivity index (χ4v) is 3.18. The molecule has 0 aliphatic rings. The van der Waals surface area contributed by atoms with E-state index >= 15 is 0 Å². The second-order valence-electron chi connectivity index (χ2n) is 6.33. The van der Waals surface area contributed by atoms with Gasteiger partial charge in [0.1, 0.15) is 12.3 Å². The molecule has 0 atom stereocenters. The Bertz CT molecular complexity index is 883. The number of likely N-dealkylation sites (N-methyl/N-ethyl adjacent to an activating group) is 1. The molecule has 134 valence electrons. The van der Waals surface area contributed by atoms with Crippen LogP contribution in [0.5, 0.6) is 0 Å². The van der Waals surface area contributed by atoms with Gasteiger partial charge in [-0.25, -0.2) is 0 Å². The summed E-state index contributed by atoms with van der Waals surface area (Å²) in [5.41, 5.74) is 3.02. The highest BCUT2D eigenvalue weighted by molar-refractivity contribution is 7.98. The van der Waals surface area contributed by atoms with Gasteiger partial charge < -0.3 is 9.74 Å². The van der Waals surface area contributed by atoms with Crippen molar-refractivity contribution < 1.29 is 4.84 Å². The molecule has 0 N–H and O–H groups in total. The SMILES string of the molecule is CSc1ccc(/C(=N/OCCN(C)C)c2cccc3ccccc23)cc1. The maximum Gasteiger partial charge on any atom is 0.129 e. The number of benzene rings is 3. The molecule has 0 aromatic heterocycles. The van der Waals surface area contributed by atoms with Crippen molar-refractivity contribution >= 4 is 28.2 Å². The number of fused-ring (bicyclic) bond motifs is 1. The van der Waals surface area contributed by atoms with E-state index in [1.165, 1.54) is 15.7 Å². The van der Waals surface area contributed by atoms with Crippen molar-refractivity contribution in [1.82, 2.24) is 4.90 Å². The zero-order valence-electron chi connectivity index (χ0n) is 15.5. The van der Waals surface area contributed by atoms with Gasteiger partial charge in [0.2, 0.25) is 0 Å². The fraction of sp³-hybridized carbons (Fsp3) is 0.227. The summed E-state index contributed by atoms with van der Waals surface area (Å²) in [6, 6.07) is 23.2. The van der Waals surface area contributed by atoms with Crippen LogP contribution in [0.3, 0.4) is 0 Å². The molecule has 0 aliphatic carbocycles. The molecule has 3 rings (SSSR count). The summed E-state index contributed by atoms with van der Waals surface area (Å²) in [5, 5.41) is 6.91. The van der Waals surface area contributed by atoms with Gasteiger partial charge in [-0.05, 0) is 43.3 Å². The van der Waals surface area contributed by atoms with E-state index in [4.69, 9.17) is 4.84 Å². The van der Waals surface area contributed by atoms with Crippen molar-refractivity contribution in [2.45, 2.75) is 4.90 Å². The molecule has 0 radical (unpaired) electrons. The van der Waals surface area contributed by atoms with E-state index < -0.39 is 0 Å². The van der Waals surface area contributed by atoms with E-state index in [2.05, 4.69) is 83.0 Å². The van der Waals surface area contributed by atoms with Gasteiger partial charge in [-0.1, -0.05) is 59.8 Å². The van der Waals surface area contributed by atoms with Crippen LogP contribution in [0.25, 0.3) is 10.8 Å². The Morgan fingerprint density at radius 1 is 0.962 bits per heavy atom. The molecular formula is C22H24N2OS. The van der Waals surface area contributed by atoms with E-state index in [0.717, 1.165) is 23.4 Å². The van der Waals surface area contributed by atoms with E-state index in [0.29, 0.717) is 6.61 Å². The van der Waals surface area contributed by atoms with Crippen LogP contribution in [0, 0.1) is 0 Å². The van der Waals surface area contributed by atoms with Crippen molar-refractivity contribution in [2.75, 3.05) is 33.5 Å². The number of rotatable bonds is 7. The molecule has 0 spiro atoms. The van der Waals surface area contributed by atoms with Crippen LogP contribution >= 0.6 is 11.8 Å². The smallest absolute Gasteiger partial charge is 0.129 e. The molecule has 3 aromatic carbocycles. The Balaban J connectivity index is 2.02. The van der Waals surface area contributed by atoms with Gasteiger partial charge in [0, 0.05) is 22.6 Å². The summed E-state index contributed by atoms with van der Waals surface area (Å²) in [7, 11) is 4.06. The summed E-state index contributed by atoms with van der Waals surface area (Å²) >= 11 is 1.74. The Morgan fingerprint density at radius 3 is 2.42 bits per heavy atom. The molecule has 3 aromatic rings. The van der Waals surface area contributed by atoms with E-state index in [1.807, 2.05) is 14.1 Å². The third kappa shape index (κ3) is 4.45. The third-order valence-electron chi connectivity index (χ3n) is 4.19. The maximum atomic E-state index is 5.66. The molecule has 3 nitrogen and oxygen atoms in total. The standard InChI is InChI=1S/C22H24N2OS/c1-24(2)15-16-25-23-22(18-11-13-19(26-3)14-12-18)21-10-6-8-17-7-4-5-9-20(17)21/h4-14H,15-16H2,1-3H3/b23-22-. The van der Waals surface area contributed by atoms with Crippen LogP contribution in [-0.4, -0.2) is 44.1 Å². The van der Waals surface area contributed by atoms with Gasteiger partial charge in [0.05, 0.1) is 0 Å². The Labute approximate surface area is 159 Å². The highest BCUT2D eigenvalue weighted by Gasteiger charge is 2.12. The Hall–Kier alpha value is -2.30. The largest absolute Gasteiger partial charge is 0.394 e. The van der Waals surface area contributed by atoms with Crippen molar-refractivity contribution in [3.05, 3.63) is 77.9 Å². The molecule has 0 aliphatic heterocycles. The summed E-state index contributed by atoms with van der Waals surface area (Å²) in [5.74, 6) is 0. The van der Waals surface area contributed by atoms with E-state index in [1.54, 1.807) is 11.8 Å². The van der Waals surface area contributed by atoms with Crippen molar-refractivity contribution in [3.63, 3.8) is 0 Å². The molecule has 26 heavy (non-hydrogen) atoms. The number of hydrogen-bond acceptors (Lipinski definition) is 4. The van der Waals surface area contributed by atoms with E-state index in [9.17, 15) is 0 Å². The fourth-order valence-electron chi connectivity index (χ4n) is 2.77. The highest BCUT2D eigenvalue weighted by Crippen LogP contribution is 2.23. The van der Waals surface area contributed by atoms with Crippen LogP contribution in [-0.2, 0) is 4.84 Å². The lowest BCUT2D eigenvalue weighted by atomic mass is 9.97. The van der Waals surface area contributed by atoms with Gasteiger partial charge >= 0.3 is 0 Å². The van der Waals surface area contributed by atoms with Gasteiger partial charge in [-0.3, -0.25) is 0 Å². The first-order valence-corrected chi connectivity index (χ1v) is 9.89. The first-order valence-electron chi connectivity index (χ1n) is 8.66. The normalized spacial score (nSPS) is 11.9. The predicted octanol–water partition coefficient (Wildman–Crippen LogP) is 4.89. The van der Waals surface area contributed by atoms with Gasteiger partial charge in [0.25, 0.3) is 0 Å². The minimum atomic E-state index is 0.560. The number of oxime groups is 1. The minimum Gasteiger partial charge on any atom is -0.394 e. The van der Waals surface area contributed by atoms with Crippen LogP contribution in [0.15, 0.2) is 76.8 Å². The van der Waals surface area contributed by atoms with Crippen LogP contribution in [0.2, 0.25) is 0 Å². The van der Waals surface area contributed by atoms with Gasteiger partial charge in [-0.2, -0.15) is 0 Å². The number of hydrogen-bond donors (Lipinski definition) is 0. The summed E-state index contributed by atoms with van der Waals surface area (Å²) < 4.78 is 0. The average molecular weight is 365 g/mol. The van der Waals surface area contributed by atoms with Crippen molar-refractivity contribution in [3.8, 4) is 0 Å². The summed E-state index contributed by atoms with van der Waals surface area (Å²) in [6.45, 7) is 1.39. The first-order chi connectivity index (χ1) is 12.7. The quantitative estimate of drug-likeness (QED) is 0.258. The predicted molar refractivity (Wildman–Crippen MR) is 112 cm³/mol. The minimum absolute atomic E-state index is 0.560. The van der Waals surface area contributed by atoms with E-state index in [-0.39, 0.29) is 0 Å². The van der Waals surface area contributed by atoms with Crippen LogP contribution in [0.4, 0.5) is 0 Å². The van der Waals surface area contributed by atoms with Gasteiger partial charge in [-0.15, -0.1) is 11.8 Å². The lowest BCUT2D eigenvalue weighted by Crippen LogP contribution is -2.17. The molecule has 0 bridgehead atoms. The topological polar surface area (TPSA) is 24.8 Å². The lowest BCUT2D eigenvalue weighted by molar-refractivity contribution is 0.126. The van der Waals surface area contributed by atoms with Crippen LogP contribution < -0.4 is 0 Å². The summed E-state index contributed by atoms with van der Waals surface area (Å²) in [6.07, 6.45) is 2.08. The van der Waals surface area contributed by atoms with Gasteiger partial charge in [0.15, 0.2) is 0 Å². The third-order valence-corrected chi connectivity index (χ3v) is 4.94. The van der Waals surface area contributed by atoms with Crippen molar-refractivity contribution in [1.29, 1.82) is 0 Å². The monoisotopic (exact) mass is 364 g/mol. The molecule has 0 unspecified atom stereocenters. The zero-order valence-corrected chi connectivity index (χ0v) is 16.3. The molecule has 0 fully saturated rings. The first kappa shape index (κ1) is 18.5. The molecule has 0 amide bonds. The second kappa shape index (κ2) is 8.88. The average Bonchev–Trinajstić information content (AvgIpc) is 2.68. The molecular weight excluding hydrogens is 340 g/mol. The lowest BCUT2D eigenvalue weighted by Gasteiger charge is -2.12. The number of nitrogens with zero attached hydrogens (tertiary/aromatic N) is 2.